The molecule has 0 aliphatic carbocycles. The van der Waals surface area contributed by atoms with Gasteiger partial charge in [0.05, 0.1) is 5.39 Å². The monoisotopic (exact) mass is 384 g/mol. The fraction of sp³-hybridized carbons (Fsp3) is 0.615. The Hall–Kier alpha value is -1.33. The second kappa shape index (κ2) is 5.08. The smallest absolute Gasteiger partial charge is 0.181 e. The van der Waals surface area contributed by atoms with Crippen molar-refractivity contribution in [3.63, 3.8) is 0 Å². The van der Waals surface area contributed by atoms with Crippen molar-refractivity contribution < 1.29 is 14.2 Å². The Morgan fingerprint density at radius 3 is 2.78 bits per heavy atom. The van der Waals surface area contributed by atoms with Gasteiger partial charge in [-0.2, -0.15) is 5.10 Å². The van der Waals surface area contributed by atoms with Crippen LogP contribution in [0.25, 0.3) is 11.0 Å². The maximum absolute atomic E-state index is 6.02. The molecule has 10 heteroatoms. The van der Waals surface area contributed by atoms with E-state index in [9.17, 15) is 0 Å². The van der Waals surface area contributed by atoms with Crippen molar-refractivity contribution in [1.82, 2.24) is 19.7 Å². The van der Waals surface area contributed by atoms with E-state index in [-0.39, 0.29) is 18.3 Å². The molecule has 2 aliphatic rings. The first-order chi connectivity index (χ1) is 10.9. The largest absolute Gasteiger partial charge is 0.383 e. The Morgan fingerprint density at radius 1 is 1.30 bits per heavy atom. The van der Waals surface area contributed by atoms with Crippen LogP contribution in [0.1, 0.15) is 20.1 Å². The average molecular weight is 385 g/mol. The summed E-state index contributed by atoms with van der Waals surface area (Å²) in [6, 6.07) is 0. The highest BCUT2D eigenvalue weighted by Crippen LogP contribution is 2.43. The van der Waals surface area contributed by atoms with Crippen LogP contribution >= 0.6 is 15.9 Å². The highest BCUT2D eigenvalue weighted by atomic mass is 79.9. The zero-order valence-corrected chi connectivity index (χ0v) is 14.2. The van der Waals surface area contributed by atoms with Crippen LogP contribution in [0.3, 0.4) is 0 Å². The van der Waals surface area contributed by atoms with Crippen LogP contribution in [0.2, 0.25) is 0 Å². The van der Waals surface area contributed by atoms with Gasteiger partial charge < -0.3 is 25.7 Å². The normalized spacial score (nSPS) is 32.5. The van der Waals surface area contributed by atoms with Crippen molar-refractivity contribution in [2.24, 2.45) is 5.73 Å². The van der Waals surface area contributed by atoms with Crippen molar-refractivity contribution in [3.8, 4) is 0 Å². The molecule has 9 nitrogen and oxygen atoms in total. The average Bonchev–Trinajstić information content (AvgIpc) is 3.08. The molecule has 0 radical (unpaired) electrons. The molecule has 4 rings (SSSR count). The molecule has 0 bridgehead atoms. The Labute approximate surface area is 140 Å². The number of anilines is 1. The predicted octanol–water partition coefficient (Wildman–Crippen LogP) is 0.547. The summed E-state index contributed by atoms with van der Waals surface area (Å²) in [4.78, 5) is 8.28. The number of fused-ring (bicyclic) bond motifs is 2. The van der Waals surface area contributed by atoms with E-state index in [0.717, 1.165) is 0 Å². The van der Waals surface area contributed by atoms with Gasteiger partial charge in [-0.25, -0.2) is 14.6 Å². The molecule has 23 heavy (non-hydrogen) atoms. The van der Waals surface area contributed by atoms with E-state index in [2.05, 4.69) is 31.0 Å². The third-order valence-corrected chi connectivity index (χ3v) is 4.63. The quantitative estimate of drug-likeness (QED) is 0.768. The summed E-state index contributed by atoms with van der Waals surface area (Å²) < 4.78 is 20.2. The molecule has 0 unspecified atom stereocenters. The minimum absolute atomic E-state index is 0.253. The van der Waals surface area contributed by atoms with Gasteiger partial charge in [-0.15, -0.1) is 0 Å². The Morgan fingerprint density at radius 2 is 2.04 bits per heavy atom. The number of rotatable bonds is 2. The van der Waals surface area contributed by atoms with Crippen LogP contribution in [-0.4, -0.2) is 50.4 Å². The second-order valence-corrected chi connectivity index (χ2v) is 6.81. The van der Waals surface area contributed by atoms with Gasteiger partial charge >= 0.3 is 0 Å². The summed E-state index contributed by atoms with van der Waals surface area (Å²) in [5, 5.41) is 5.10. The number of nitrogens with two attached hydrogens (primary N) is 2. The van der Waals surface area contributed by atoms with Gasteiger partial charge in [-0.1, -0.05) is 0 Å². The van der Waals surface area contributed by atoms with E-state index in [4.69, 9.17) is 25.7 Å². The molecule has 4 heterocycles. The Bertz CT molecular complexity index is 765. The molecule has 2 aromatic heterocycles. The lowest BCUT2D eigenvalue weighted by molar-refractivity contribution is -0.196. The summed E-state index contributed by atoms with van der Waals surface area (Å²) in [6.07, 6.45) is 0.0369. The third kappa shape index (κ3) is 2.24. The van der Waals surface area contributed by atoms with Crippen LogP contribution in [0.4, 0.5) is 5.82 Å². The molecule has 0 spiro atoms. The van der Waals surface area contributed by atoms with E-state index in [1.54, 1.807) is 4.68 Å². The summed E-state index contributed by atoms with van der Waals surface area (Å²) >= 11 is 3.40. The lowest BCUT2D eigenvalue weighted by atomic mass is 10.1. The first-order valence-electron chi connectivity index (χ1n) is 7.26. The van der Waals surface area contributed by atoms with E-state index >= 15 is 0 Å². The maximum atomic E-state index is 6.02. The number of nitrogens with zero attached hydrogens (tertiary/aromatic N) is 4. The van der Waals surface area contributed by atoms with Crippen LogP contribution in [0, 0.1) is 0 Å². The zero-order chi connectivity index (χ0) is 16.4. The van der Waals surface area contributed by atoms with Crippen LogP contribution in [0.5, 0.6) is 0 Å². The van der Waals surface area contributed by atoms with E-state index in [1.165, 1.54) is 6.33 Å². The van der Waals surface area contributed by atoms with Crippen LogP contribution in [-0.2, 0) is 14.2 Å². The molecule has 0 amide bonds. The van der Waals surface area contributed by atoms with Gasteiger partial charge in [0.1, 0.15) is 35.1 Å². The summed E-state index contributed by atoms with van der Waals surface area (Å²) in [5.41, 5.74) is 12.3. The first-order valence-corrected chi connectivity index (χ1v) is 8.06. The number of halogens is 1. The molecular weight excluding hydrogens is 368 g/mol. The van der Waals surface area contributed by atoms with Crippen molar-refractivity contribution in [3.05, 3.63) is 10.9 Å². The third-order valence-electron chi connectivity index (χ3n) is 4.07. The molecular formula is C13H17BrN6O3. The fourth-order valence-electron chi connectivity index (χ4n) is 3.18. The molecule has 0 saturated carbocycles. The summed E-state index contributed by atoms with van der Waals surface area (Å²) in [7, 11) is 0. The zero-order valence-electron chi connectivity index (χ0n) is 12.6. The van der Waals surface area contributed by atoms with Gasteiger partial charge in [-0.3, -0.25) is 0 Å². The van der Waals surface area contributed by atoms with Crippen molar-refractivity contribution in [1.29, 1.82) is 0 Å². The van der Waals surface area contributed by atoms with E-state index < -0.39 is 12.0 Å². The Balaban J connectivity index is 1.81. The molecule has 2 aromatic rings. The van der Waals surface area contributed by atoms with Crippen LogP contribution < -0.4 is 11.5 Å². The molecule has 2 fully saturated rings. The molecule has 4 atom stereocenters. The number of nitrogen functional groups attached to an aromatic ring is 1. The lowest BCUT2D eigenvalue weighted by Gasteiger charge is -2.23. The van der Waals surface area contributed by atoms with Crippen molar-refractivity contribution in [2.45, 2.75) is 44.2 Å². The standard InChI is InChI=1S/C13H17BrN6O3/c1-13(2)22-7-5(3-15)21-12(8(7)23-13)20-11-6(9(14)19-20)10(16)17-4-18-11/h4-5,7-8,12H,3,15H2,1-2H3,(H2,16,17,18)/t5-,7+,8+,12+/m0/s1. The molecule has 2 saturated heterocycles. The second-order valence-electron chi connectivity index (χ2n) is 6.06. The summed E-state index contributed by atoms with van der Waals surface area (Å²) in [6.45, 7) is 4.06. The van der Waals surface area contributed by atoms with E-state index in [1.807, 2.05) is 13.8 Å². The first kappa shape index (κ1) is 15.2. The number of aromatic nitrogens is 4. The highest BCUT2D eigenvalue weighted by Gasteiger charge is 2.56. The number of hydrogen-bond acceptors (Lipinski definition) is 8. The van der Waals surface area contributed by atoms with Gasteiger partial charge in [-0.05, 0) is 29.8 Å². The maximum Gasteiger partial charge on any atom is 0.181 e. The van der Waals surface area contributed by atoms with Crippen molar-refractivity contribution >= 4 is 32.8 Å². The van der Waals surface area contributed by atoms with Gasteiger partial charge in [0.2, 0.25) is 0 Å². The van der Waals surface area contributed by atoms with Gasteiger partial charge in [0.25, 0.3) is 0 Å². The van der Waals surface area contributed by atoms with Crippen LogP contribution in [0.15, 0.2) is 10.9 Å². The lowest BCUT2D eigenvalue weighted by Crippen LogP contribution is -2.34. The minimum Gasteiger partial charge on any atom is -0.383 e. The topological polar surface area (TPSA) is 123 Å². The molecule has 2 aliphatic heterocycles. The molecule has 4 N–H and O–H groups in total. The molecule has 124 valence electrons. The SMILES string of the molecule is CC1(C)O[C@@H]2[C@H](O1)[C@H](CN)O[C@H]2n1nc(Br)c2c(N)ncnc21. The Kier molecular flexibility index (Phi) is 3.36. The van der Waals surface area contributed by atoms with Gasteiger partial charge in [0.15, 0.2) is 17.7 Å². The van der Waals surface area contributed by atoms with Gasteiger partial charge in [0, 0.05) is 6.54 Å². The summed E-state index contributed by atoms with van der Waals surface area (Å²) in [5.74, 6) is -0.346. The highest BCUT2D eigenvalue weighted by molar-refractivity contribution is 9.10. The predicted molar refractivity (Wildman–Crippen MR) is 84.2 cm³/mol. The number of hydrogen-bond donors (Lipinski definition) is 2. The van der Waals surface area contributed by atoms with E-state index in [0.29, 0.717) is 28.0 Å². The molecule has 0 aromatic carbocycles. The number of ether oxygens (including phenoxy) is 3. The fourth-order valence-corrected chi connectivity index (χ4v) is 3.73. The van der Waals surface area contributed by atoms with Crippen molar-refractivity contribution in [2.75, 3.05) is 12.3 Å². The minimum atomic E-state index is -0.695.